The zero-order valence-electron chi connectivity index (χ0n) is 17.0. The van der Waals surface area contributed by atoms with E-state index in [4.69, 9.17) is 14.2 Å². The molecule has 0 saturated carbocycles. The van der Waals surface area contributed by atoms with Crippen LogP contribution in [0.3, 0.4) is 0 Å². The molecule has 0 saturated heterocycles. The summed E-state index contributed by atoms with van der Waals surface area (Å²) in [5, 5.41) is 41.4. The lowest BCUT2D eigenvalue weighted by Gasteiger charge is -2.28. The second kappa shape index (κ2) is 8.42. The Labute approximate surface area is 177 Å². The number of benzene rings is 2. The predicted molar refractivity (Wildman–Crippen MR) is 109 cm³/mol. The van der Waals surface area contributed by atoms with Gasteiger partial charge in [0.1, 0.15) is 35.7 Å². The summed E-state index contributed by atoms with van der Waals surface area (Å²) in [7, 11) is 1.46. The number of hydrogen-bond acceptors (Lipinski definition) is 9. The first-order chi connectivity index (χ1) is 15.0. The maximum absolute atomic E-state index is 10.5. The van der Waals surface area contributed by atoms with Gasteiger partial charge in [0.15, 0.2) is 11.5 Å². The Balaban J connectivity index is 1.60. The highest BCUT2D eigenvalue weighted by Gasteiger charge is 2.30. The number of fused-ring (bicyclic) bond motifs is 1. The van der Waals surface area contributed by atoms with Gasteiger partial charge in [0.25, 0.3) is 0 Å². The Morgan fingerprint density at radius 2 is 2.06 bits per heavy atom. The van der Waals surface area contributed by atoms with E-state index in [-0.39, 0.29) is 30.2 Å². The first-order valence-electron chi connectivity index (χ1n) is 9.66. The average molecular weight is 426 g/mol. The van der Waals surface area contributed by atoms with Gasteiger partial charge < -0.3 is 29.6 Å². The number of rotatable bonds is 6. The lowest BCUT2D eigenvalue weighted by Crippen LogP contribution is -2.21. The molecule has 31 heavy (non-hydrogen) atoms. The van der Waals surface area contributed by atoms with E-state index < -0.39 is 6.10 Å². The van der Waals surface area contributed by atoms with Crippen LogP contribution in [0.5, 0.6) is 28.7 Å². The highest BCUT2D eigenvalue weighted by molar-refractivity contribution is 6.06. The number of phenolic OH excluding ortho intramolecular Hbond substituents is 2. The molecule has 0 amide bonds. The SMILES string of the molecule is CCn1cc(COc2cc(O)c3c(c2)O[C@H](c2ccc(OC)c(O)c2)C/C3=N\O)nn1. The second-order valence-corrected chi connectivity index (χ2v) is 6.96. The number of methoxy groups -OCH3 is 1. The fraction of sp³-hybridized carbons (Fsp3) is 0.286. The van der Waals surface area contributed by atoms with E-state index in [1.807, 2.05) is 6.92 Å². The molecule has 1 aliphatic heterocycles. The molecular weight excluding hydrogens is 404 g/mol. The fourth-order valence-electron chi connectivity index (χ4n) is 3.42. The van der Waals surface area contributed by atoms with Crippen molar-refractivity contribution in [3.8, 4) is 28.7 Å². The number of nitrogens with zero attached hydrogens (tertiary/aromatic N) is 4. The van der Waals surface area contributed by atoms with Crippen LogP contribution in [0.2, 0.25) is 0 Å². The third-order valence-electron chi connectivity index (χ3n) is 4.98. The molecule has 3 aromatic rings. The van der Waals surface area contributed by atoms with Crippen LogP contribution in [0.15, 0.2) is 41.7 Å². The van der Waals surface area contributed by atoms with Gasteiger partial charge in [-0.05, 0) is 24.6 Å². The first kappa shape index (κ1) is 20.3. The zero-order valence-corrected chi connectivity index (χ0v) is 17.0. The molecule has 162 valence electrons. The highest BCUT2D eigenvalue weighted by atomic mass is 16.5. The smallest absolute Gasteiger partial charge is 0.160 e. The molecule has 0 bridgehead atoms. The van der Waals surface area contributed by atoms with E-state index >= 15 is 0 Å². The van der Waals surface area contributed by atoms with Crippen LogP contribution in [0.4, 0.5) is 0 Å². The summed E-state index contributed by atoms with van der Waals surface area (Å²) in [5.74, 6) is 0.833. The Bertz CT molecular complexity index is 1130. The van der Waals surface area contributed by atoms with E-state index in [2.05, 4.69) is 15.5 Å². The monoisotopic (exact) mass is 426 g/mol. The zero-order chi connectivity index (χ0) is 22.0. The Hall–Kier alpha value is -3.95. The van der Waals surface area contributed by atoms with Crippen molar-refractivity contribution in [2.75, 3.05) is 7.11 Å². The number of hydrogen-bond donors (Lipinski definition) is 3. The lowest BCUT2D eigenvalue weighted by molar-refractivity contribution is 0.199. The van der Waals surface area contributed by atoms with Crippen molar-refractivity contribution in [2.24, 2.45) is 5.16 Å². The number of aryl methyl sites for hydroxylation is 1. The standard InChI is InChI=1S/C21H22N4O6/c1-3-25-10-13(22-24-25)11-30-14-7-17(27)21-15(23-28)9-19(31-20(21)8-14)12-4-5-18(29-2)16(26)6-12/h4-8,10,19,26-28H,3,9,11H2,1-2H3/b23-15+/t19-/m0/s1. The van der Waals surface area contributed by atoms with Crippen LogP contribution in [0.1, 0.15) is 36.3 Å². The quantitative estimate of drug-likeness (QED) is 0.405. The number of ether oxygens (including phenoxy) is 3. The predicted octanol–water partition coefficient (Wildman–Crippen LogP) is 3.00. The topological polar surface area (TPSA) is 131 Å². The van der Waals surface area contributed by atoms with Crippen LogP contribution < -0.4 is 14.2 Å². The van der Waals surface area contributed by atoms with Crippen molar-refractivity contribution < 1.29 is 29.6 Å². The first-order valence-corrected chi connectivity index (χ1v) is 9.66. The van der Waals surface area contributed by atoms with Gasteiger partial charge in [0.2, 0.25) is 0 Å². The van der Waals surface area contributed by atoms with Crippen LogP contribution in [-0.4, -0.2) is 43.2 Å². The van der Waals surface area contributed by atoms with Gasteiger partial charge in [-0.3, -0.25) is 4.68 Å². The molecule has 0 unspecified atom stereocenters. The summed E-state index contributed by atoms with van der Waals surface area (Å²) in [6.45, 7) is 2.82. The minimum Gasteiger partial charge on any atom is -0.507 e. The molecule has 0 fully saturated rings. The van der Waals surface area contributed by atoms with Gasteiger partial charge in [0.05, 0.1) is 24.6 Å². The molecule has 2 heterocycles. The third kappa shape index (κ3) is 4.04. The van der Waals surface area contributed by atoms with E-state index in [1.54, 1.807) is 29.1 Å². The molecule has 10 heteroatoms. The molecule has 0 radical (unpaired) electrons. The number of aromatic hydroxyl groups is 2. The summed E-state index contributed by atoms with van der Waals surface area (Å²) in [6.07, 6.45) is 1.43. The summed E-state index contributed by atoms with van der Waals surface area (Å²) in [4.78, 5) is 0. The highest BCUT2D eigenvalue weighted by Crippen LogP contribution is 2.43. The molecule has 1 aliphatic rings. The molecular formula is C21H22N4O6. The van der Waals surface area contributed by atoms with Gasteiger partial charge in [-0.2, -0.15) is 0 Å². The van der Waals surface area contributed by atoms with Crippen molar-refractivity contribution in [2.45, 2.75) is 32.6 Å². The van der Waals surface area contributed by atoms with E-state index in [0.717, 1.165) is 0 Å². The number of phenols is 2. The van der Waals surface area contributed by atoms with Crippen molar-refractivity contribution in [1.82, 2.24) is 15.0 Å². The van der Waals surface area contributed by atoms with Gasteiger partial charge in [-0.1, -0.05) is 16.4 Å². The third-order valence-corrected chi connectivity index (χ3v) is 4.98. The molecule has 0 aliphatic carbocycles. The maximum atomic E-state index is 10.5. The Morgan fingerprint density at radius 3 is 2.74 bits per heavy atom. The summed E-state index contributed by atoms with van der Waals surface area (Å²) >= 11 is 0. The minimum atomic E-state index is -0.547. The van der Waals surface area contributed by atoms with Gasteiger partial charge in [-0.25, -0.2) is 0 Å². The second-order valence-electron chi connectivity index (χ2n) is 6.96. The summed E-state index contributed by atoms with van der Waals surface area (Å²) < 4.78 is 18.6. The van der Waals surface area contributed by atoms with E-state index in [1.165, 1.54) is 19.2 Å². The fourth-order valence-corrected chi connectivity index (χ4v) is 3.42. The Morgan fingerprint density at radius 1 is 1.23 bits per heavy atom. The van der Waals surface area contributed by atoms with Crippen LogP contribution in [-0.2, 0) is 13.2 Å². The molecule has 1 atom stereocenters. The largest absolute Gasteiger partial charge is 0.507 e. The minimum absolute atomic E-state index is 0.0306. The summed E-state index contributed by atoms with van der Waals surface area (Å²) in [6, 6.07) is 7.94. The molecule has 3 N–H and O–H groups in total. The van der Waals surface area contributed by atoms with Crippen molar-refractivity contribution in [3.05, 3.63) is 53.3 Å². The molecule has 4 rings (SSSR count). The van der Waals surface area contributed by atoms with Gasteiger partial charge in [0, 0.05) is 25.1 Å². The normalized spacial score (nSPS) is 16.6. The van der Waals surface area contributed by atoms with Gasteiger partial charge >= 0.3 is 0 Å². The molecule has 0 spiro atoms. The molecule has 1 aromatic heterocycles. The maximum Gasteiger partial charge on any atom is 0.160 e. The van der Waals surface area contributed by atoms with E-state index in [9.17, 15) is 15.4 Å². The number of oxime groups is 1. The Kier molecular flexibility index (Phi) is 5.52. The number of aromatic nitrogens is 3. The average Bonchev–Trinajstić information content (AvgIpc) is 3.25. The van der Waals surface area contributed by atoms with Crippen molar-refractivity contribution >= 4 is 5.71 Å². The van der Waals surface area contributed by atoms with Gasteiger partial charge in [-0.15, -0.1) is 5.10 Å². The van der Waals surface area contributed by atoms with Crippen LogP contribution in [0.25, 0.3) is 0 Å². The lowest BCUT2D eigenvalue weighted by atomic mass is 9.94. The van der Waals surface area contributed by atoms with Crippen molar-refractivity contribution in [3.63, 3.8) is 0 Å². The van der Waals surface area contributed by atoms with Crippen molar-refractivity contribution in [1.29, 1.82) is 0 Å². The van der Waals surface area contributed by atoms with E-state index in [0.29, 0.717) is 40.6 Å². The molecule has 2 aromatic carbocycles. The summed E-state index contributed by atoms with van der Waals surface area (Å²) in [5.41, 5.74) is 1.86. The van der Waals surface area contributed by atoms with Crippen LogP contribution in [0, 0.1) is 0 Å². The molecule has 10 nitrogen and oxygen atoms in total. The van der Waals surface area contributed by atoms with Crippen LogP contribution >= 0.6 is 0 Å².